The molecular formula is C8H8F2N2O3. The highest BCUT2D eigenvalue weighted by Gasteiger charge is 2.29. The summed E-state index contributed by atoms with van der Waals surface area (Å²) in [5, 5.41) is 12.3. The van der Waals surface area contributed by atoms with E-state index in [2.05, 4.69) is 5.10 Å². The molecule has 1 aromatic heterocycles. The molecule has 0 spiro atoms. The number of carboxylic acid groups (broad SMARTS) is 1. The van der Waals surface area contributed by atoms with E-state index in [1.165, 1.54) is 4.68 Å². The standard InChI is InChI=1S/C8H8F2N2O3/c9-7(10)5-1-2-12-6(15-5)3-4(11-12)8(13)14/h3,5,7H,1-2H2,(H,13,14)/t5-/m0/s1. The maximum atomic E-state index is 12.3. The van der Waals surface area contributed by atoms with Gasteiger partial charge in [0.2, 0.25) is 5.88 Å². The van der Waals surface area contributed by atoms with E-state index in [1.54, 1.807) is 0 Å². The number of ether oxygens (including phenoxy) is 1. The molecule has 15 heavy (non-hydrogen) atoms. The average molecular weight is 218 g/mol. The van der Waals surface area contributed by atoms with Crippen molar-refractivity contribution in [3.05, 3.63) is 11.8 Å². The summed E-state index contributed by atoms with van der Waals surface area (Å²) in [5.74, 6) is -1.11. The smallest absolute Gasteiger partial charge is 0.356 e. The lowest BCUT2D eigenvalue weighted by molar-refractivity contribution is -0.0135. The van der Waals surface area contributed by atoms with E-state index >= 15 is 0 Å². The molecule has 5 nitrogen and oxygen atoms in total. The number of alkyl halides is 2. The van der Waals surface area contributed by atoms with Gasteiger partial charge in [-0.05, 0) is 0 Å². The van der Waals surface area contributed by atoms with Gasteiger partial charge in [-0.1, -0.05) is 0 Å². The number of aryl methyl sites for hydroxylation is 1. The molecule has 0 amide bonds. The Morgan fingerprint density at radius 1 is 1.73 bits per heavy atom. The van der Waals surface area contributed by atoms with E-state index in [4.69, 9.17) is 9.84 Å². The molecule has 7 heteroatoms. The highest BCUT2D eigenvalue weighted by molar-refractivity contribution is 5.85. The maximum absolute atomic E-state index is 12.3. The van der Waals surface area contributed by atoms with Crippen LogP contribution in [0.15, 0.2) is 6.07 Å². The Kier molecular flexibility index (Phi) is 2.29. The van der Waals surface area contributed by atoms with Gasteiger partial charge in [0.1, 0.15) is 0 Å². The van der Waals surface area contributed by atoms with Crippen molar-refractivity contribution in [3.63, 3.8) is 0 Å². The first-order chi connectivity index (χ1) is 7.08. The van der Waals surface area contributed by atoms with Crippen LogP contribution in [0, 0.1) is 0 Å². The Bertz CT molecular complexity index is 391. The summed E-state index contributed by atoms with van der Waals surface area (Å²) in [6.45, 7) is 0.248. The van der Waals surface area contributed by atoms with Gasteiger partial charge in [-0.3, -0.25) is 0 Å². The molecule has 1 atom stereocenters. The molecule has 1 aliphatic heterocycles. The minimum Gasteiger partial charge on any atom is -0.476 e. The molecule has 0 unspecified atom stereocenters. The summed E-state index contributed by atoms with van der Waals surface area (Å²) in [6, 6.07) is 1.15. The number of hydrogen-bond donors (Lipinski definition) is 1. The summed E-state index contributed by atoms with van der Waals surface area (Å²) >= 11 is 0. The van der Waals surface area contributed by atoms with Gasteiger partial charge in [-0.25, -0.2) is 18.3 Å². The second kappa shape index (κ2) is 3.48. The Balaban J connectivity index is 2.23. The first kappa shape index (κ1) is 9.88. The zero-order valence-electron chi connectivity index (χ0n) is 7.56. The van der Waals surface area contributed by atoms with Crippen molar-refractivity contribution >= 4 is 5.97 Å². The number of fused-ring (bicyclic) bond motifs is 1. The first-order valence-electron chi connectivity index (χ1n) is 4.34. The number of nitrogens with zero attached hydrogens (tertiary/aromatic N) is 2. The van der Waals surface area contributed by atoms with Crippen LogP contribution in [0.4, 0.5) is 8.78 Å². The minimum atomic E-state index is -2.57. The van der Waals surface area contributed by atoms with Crippen LogP contribution in [0.2, 0.25) is 0 Å². The maximum Gasteiger partial charge on any atom is 0.356 e. The lowest BCUT2D eigenvalue weighted by Gasteiger charge is -2.23. The van der Waals surface area contributed by atoms with Crippen LogP contribution >= 0.6 is 0 Å². The molecule has 0 saturated heterocycles. The van der Waals surface area contributed by atoms with Crippen LogP contribution in [0.1, 0.15) is 16.9 Å². The quantitative estimate of drug-likeness (QED) is 0.804. The molecule has 2 heterocycles. The topological polar surface area (TPSA) is 64.3 Å². The summed E-state index contributed by atoms with van der Waals surface area (Å²) in [6.07, 6.45) is -3.61. The first-order valence-corrected chi connectivity index (χ1v) is 4.34. The number of aromatic nitrogens is 2. The zero-order valence-corrected chi connectivity index (χ0v) is 7.56. The molecule has 2 rings (SSSR count). The van der Waals surface area contributed by atoms with Crippen molar-refractivity contribution in [3.8, 4) is 5.88 Å². The monoisotopic (exact) mass is 218 g/mol. The molecule has 1 aliphatic rings. The summed E-state index contributed by atoms with van der Waals surface area (Å²) in [7, 11) is 0. The Morgan fingerprint density at radius 3 is 3.07 bits per heavy atom. The molecule has 0 saturated carbocycles. The van der Waals surface area contributed by atoms with Crippen LogP contribution in [0.3, 0.4) is 0 Å². The normalized spacial score (nSPS) is 19.8. The van der Waals surface area contributed by atoms with Gasteiger partial charge in [0.15, 0.2) is 11.8 Å². The third kappa shape index (κ3) is 1.77. The number of aromatic carboxylic acids is 1. The molecule has 0 aromatic carbocycles. The van der Waals surface area contributed by atoms with E-state index in [0.717, 1.165) is 6.07 Å². The van der Waals surface area contributed by atoms with Gasteiger partial charge in [0.25, 0.3) is 6.43 Å². The SMILES string of the molecule is O=C(O)c1cc2n(n1)CC[C@@H](C(F)F)O2. The van der Waals surface area contributed by atoms with Gasteiger partial charge in [0.05, 0.1) is 0 Å². The van der Waals surface area contributed by atoms with Crippen LogP contribution in [0.5, 0.6) is 5.88 Å². The van der Waals surface area contributed by atoms with E-state index in [-0.39, 0.29) is 24.5 Å². The third-order valence-electron chi connectivity index (χ3n) is 2.14. The summed E-state index contributed by atoms with van der Waals surface area (Å²) < 4.78 is 30.8. The van der Waals surface area contributed by atoms with Crippen LogP contribution in [-0.4, -0.2) is 33.4 Å². The predicted molar refractivity (Wildman–Crippen MR) is 44.2 cm³/mol. The Labute approximate surface area is 83.3 Å². The fourth-order valence-corrected chi connectivity index (χ4v) is 1.40. The molecule has 82 valence electrons. The van der Waals surface area contributed by atoms with E-state index in [1.807, 2.05) is 0 Å². The number of rotatable bonds is 2. The number of carboxylic acids is 1. The molecular weight excluding hydrogens is 210 g/mol. The molecule has 0 bridgehead atoms. The Hall–Kier alpha value is -1.66. The van der Waals surface area contributed by atoms with Gasteiger partial charge < -0.3 is 9.84 Å². The van der Waals surface area contributed by atoms with Crippen molar-refractivity contribution in [2.75, 3.05) is 0 Å². The van der Waals surface area contributed by atoms with Crippen LogP contribution in [-0.2, 0) is 6.54 Å². The van der Waals surface area contributed by atoms with Crippen molar-refractivity contribution in [2.45, 2.75) is 25.5 Å². The number of carbonyl (C=O) groups is 1. The van der Waals surface area contributed by atoms with E-state index in [0.29, 0.717) is 0 Å². The van der Waals surface area contributed by atoms with E-state index < -0.39 is 18.5 Å². The summed E-state index contributed by atoms with van der Waals surface area (Å²) in [5.41, 5.74) is -0.195. The summed E-state index contributed by atoms with van der Waals surface area (Å²) in [4.78, 5) is 10.6. The molecule has 0 aliphatic carbocycles. The van der Waals surface area contributed by atoms with Crippen molar-refractivity contribution in [1.82, 2.24) is 9.78 Å². The van der Waals surface area contributed by atoms with Crippen LogP contribution < -0.4 is 4.74 Å². The molecule has 0 radical (unpaired) electrons. The average Bonchev–Trinajstić information content (AvgIpc) is 2.59. The predicted octanol–water partition coefficient (Wildman–Crippen LogP) is 0.998. The second-order valence-electron chi connectivity index (χ2n) is 3.18. The van der Waals surface area contributed by atoms with Gasteiger partial charge in [-0.15, -0.1) is 0 Å². The van der Waals surface area contributed by atoms with Crippen LogP contribution in [0.25, 0.3) is 0 Å². The third-order valence-corrected chi connectivity index (χ3v) is 2.14. The lowest BCUT2D eigenvalue weighted by Crippen LogP contribution is -2.32. The van der Waals surface area contributed by atoms with Crippen molar-refractivity contribution < 1.29 is 23.4 Å². The van der Waals surface area contributed by atoms with Crippen molar-refractivity contribution in [2.24, 2.45) is 0 Å². The van der Waals surface area contributed by atoms with Gasteiger partial charge in [-0.2, -0.15) is 5.10 Å². The minimum absolute atomic E-state index is 0.0870. The highest BCUT2D eigenvalue weighted by atomic mass is 19.3. The largest absolute Gasteiger partial charge is 0.476 e. The Morgan fingerprint density at radius 2 is 2.47 bits per heavy atom. The van der Waals surface area contributed by atoms with Crippen molar-refractivity contribution in [1.29, 1.82) is 0 Å². The fourth-order valence-electron chi connectivity index (χ4n) is 1.40. The van der Waals surface area contributed by atoms with Gasteiger partial charge in [0, 0.05) is 19.0 Å². The number of halogens is 2. The molecule has 0 fully saturated rings. The van der Waals surface area contributed by atoms with E-state index in [9.17, 15) is 13.6 Å². The molecule has 1 N–H and O–H groups in total. The fraction of sp³-hybridized carbons (Fsp3) is 0.500. The molecule has 1 aromatic rings. The second-order valence-corrected chi connectivity index (χ2v) is 3.18. The highest BCUT2D eigenvalue weighted by Crippen LogP contribution is 2.24. The lowest BCUT2D eigenvalue weighted by atomic mass is 10.2. The van der Waals surface area contributed by atoms with Gasteiger partial charge >= 0.3 is 5.97 Å². The number of hydrogen-bond acceptors (Lipinski definition) is 3. The zero-order chi connectivity index (χ0) is 11.0.